The molecule has 0 fully saturated rings. The molecule has 2 amide bonds. The van der Waals surface area contributed by atoms with Gasteiger partial charge in [-0.05, 0) is 23.8 Å². The van der Waals surface area contributed by atoms with Crippen LogP contribution in [0.4, 0.5) is 5.69 Å². The molecule has 0 spiro atoms. The third kappa shape index (κ3) is 5.75. The van der Waals surface area contributed by atoms with Crippen LogP contribution in [0.3, 0.4) is 0 Å². The normalized spacial score (nSPS) is 11.2. The zero-order valence-corrected chi connectivity index (χ0v) is 16.9. The molecule has 0 heterocycles. The van der Waals surface area contributed by atoms with E-state index in [1.807, 2.05) is 6.07 Å². The highest BCUT2D eigenvalue weighted by Gasteiger charge is 2.27. The number of carbonyl (C=O) groups is 4. The molecule has 0 saturated heterocycles. The van der Waals surface area contributed by atoms with Crippen molar-refractivity contribution < 1.29 is 23.9 Å². The number of rotatable bonds is 7. The molecule has 7 nitrogen and oxygen atoms in total. The van der Waals surface area contributed by atoms with E-state index in [-0.39, 0.29) is 23.6 Å². The Labute approximate surface area is 170 Å². The number of methoxy groups -OCH3 is 1. The fourth-order valence-electron chi connectivity index (χ4n) is 2.53. The molecule has 0 aliphatic carbocycles. The Balaban J connectivity index is 2.23. The number of ether oxygens (including phenoxy) is 1. The molecule has 2 aromatic carbocycles. The third-order valence-electron chi connectivity index (χ3n) is 3.82. The average Bonchev–Trinajstić information content (AvgIpc) is 2.68. The molecule has 1 atom stereocenters. The van der Waals surface area contributed by atoms with Crippen molar-refractivity contribution in [1.82, 2.24) is 5.32 Å². The summed E-state index contributed by atoms with van der Waals surface area (Å²) in [6.07, 6.45) is 0.170. The predicted octanol–water partition coefficient (Wildman–Crippen LogP) is 2.49. The number of anilines is 1. The minimum atomic E-state index is -1.03. The summed E-state index contributed by atoms with van der Waals surface area (Å²) in [5, 5.41) is 4.93. The maximum absolute atomic E-state index is 12.7. The highest BCUT2D eigenvalue weighted by molar-refractivity contribution is 9.10. The fraction of sp³-hybridized carbons (Fsp3) is 0.200. The van der Waals surface area contributed by atoms with Crippen molar-refractivity contribution in [2.24, 2.45) is 0 Å². The first-order valence-electron chi connectivity index (χ1n) is 8.36. The zero-order valence-electron chi connectivity index (χ0n) is 15.3. The maximum atomic E-state index is 12.7. The largest absolute Gasteiger partial charge is 0.467 e. The number of carbonyl (C=O) groups excluding carboxylic acids is 4. The number of esters is 1. The molecule has 2 aromatic rings. The van der Waals surface area contributed by atoms with Crippen LogP contribution in [-0.2, 0) is 25.5 Å². The van der Waals surface area contributed by atoms with Gasteiger partial charge in [0.1, 0.15) is 6.04 Å². The zero-order chi connectivity index (χ0) is 20.7. The number of hydrogen-bond donors (Lipinski definition) is 2. The quantitative estimate of drug-likeness (QED) is 0.386. The van der Waals surface area contributed by atoms with Gasteiger partial charge >= 0.3 is 5.97 Å². The van der Waals surface area contributed by atoms with Crippen LogP contribution in [0, 0.1) is 0 Å². The van der Waals surface area contributed by atoms with E-state index < -0.39 is 23.7 Å². The second-order valence-electron chi connectivity index (χ2n) is 5.94. The van der Waals surface area contributed by atoms with Gasteiger partial charge in [0.15, 0.2) is 0 Å². The summed E-state index contributed by atoms with van der Waals surface area (Å²) in [6, 6.07) is 12.6. The molecule has 0 aliphatic rings. The van der Waals surface area contributed by atoms with Crippen LogP contribution in [-0.4, -0.2) is 36.7 Å². The number of nitrogens with one attached hydrogen (secondary N) is 2. The molecular formula is C20H19BrN2O5. The standard InChI is InChI=1S/C20H19BrN2O5/c1-12(24)22-16-9-8-14(21)11-15(16)18(25)19(26)23-17(20(27)28-2)10-13-6-4-3-5-7-13/h3-9,11,17H,10H2,1-2H3,(H,22,24)(H,23,26)/t17-/m0/s1. The van der Waals surface area contributed by atoms with E-state index in [0.29, 0.717) is 4.47 Å². The molecule has 2 rings (SSSR count). The van der Waals surface area contributed by atoms with Crippen LogP contribution in [0.1, 0.15) is 22.8 Å². The number of benzene rings is 2. The summed E-state index contributed by atoms with van der Waals surface area (Å²) in [5.41, 5.74) is 1.01. The van der Waals surface area contributed by atoms with Crippen molar-refractivity contribution in [2.45, 2.75) is 19.4 Å². The molecule has 2 N–H and O–H groups in total. The van der Waals surface area contributed by atoms with Crippen molar-refractivity contribution >= 4 is 45.2 Å². The number of ketones is 1. The molecule has 146 valence electrons. The van der Waals surface area contributed by atoms with E-state index in [1.54, 1.807) is 30.3 Å². The summed E-state index contributed by atoms with van der Waals surface area (Å²) >= 11 is 3.24. The summed E-state index contributed by atoms with van der Waals surface area (Å²) < 4.78 is 5.30. The van der Waals surface area contributed by atoms with Crippen LogP contribution >= 0.6 is 15.9 Å². The smallest absolute Gasteiger partial charge is 0.328 e. The van der Waals surface area contributed by atoms with Gasteiger partial charge in [0, 0.05) is 17.8 Å². The lowest BCUT2D eigenvalue weighted by atomic mass is 10.0. The molecule has 0 radical (unpaired) electrons. The SMILES string of the molecule is COC(=O)[C@H](Cc1ccccc1)NC(=O)C(=O)c1cc(Br)ccc1NC(C)=O. The Kier molecular flexibility index (Phi) is 7.45. The maximum Gasteiger partial charge on any atom is 0.328 e. The van der Waals surface area contributed by atoms with Crippen molar-refractivity contribution in [1.29, 1.82) is 0 Å². The topological polar surface area (TPSA) is 102 Å². The number of halogens is 1. The first-order valence-corrected chi connectivity index (χ1v) is 9.15. The Morgan fingerprint density at radius 2 is 1.75 bits per heavy atom. The first kappa shape index (κ1) is 21.3. The lowest BCUT2D eigenvalue weighted by Gasteiger charge is -2.17. The van der Waals surface area contributed by atoms with E-state index in [2.05, 4.69) is 26.6 Å². The highest BCUT2D eigenvalue weighted by atomic mass is 79.9. The lowest BCUT2D eigenvalue weighted by Crippen LogP contribution is -2.46. The second kappa shape index (κ2) is 9.80. The summed E-state index contributed by atoms with van der Waals surface area (Å²) in [7, 11) is 1.21. The van der Waals surface area contributed by atoms with Crippen LogP contribution < -0.4 is 10.6 Å². The number of Topliss-reactive ketones (excluding diaryl/α,β-unsaturated/α-hetero) is 1. The van der Waals surface area contributed by atoms with Gasteiger partial charge in [-0.25, -0.2) is 4.79 Å². The Morgan fingerprint density at radius 3 is 2.36 bits per heavy atom. The molecule has 0 aromatic heterocycles. The van der Waals surface area contributed by atoms with Gasteiger partial charge < -0.3 is 15.4 Å². The number of amides is 2. The Morgan fingerprint density at radius 1 is 1.07 bits per heavy atom. The lowest BCUT2D eigenvalue weighted by molar-refractivity contribution is -0.144. The summed E-state index contributed by atoms with van der Waals surface area (Å²) in [6.45, 7) is 1.30. The van der Waals surface area contributed by atoms with Crippen molar-refractivity contribution in [3.8, 4) is 0 Å². The predicted molar refractivity (Wildman–Crippen MR) is 107 cm³/mol. The van der Waals surface area contributed by atoms with E-state index in [1.165, 1.54) is 26.2 Å². The third-order valence-corrected chi connectivity index (χ3v) is 4.31. The summed E-state index contributed by atoms with van der Waals surface area (Å²) in [5.74, 6) is -2.90. The first-order chi connectivity index (χ1) is 13.3. The number of hydrogen-bond acceptors (Lipinski definition) is 5. The van der Waals surface area contributed by atoms with Crippen LogP contribution in [0.25, 0.3) is 0 Å². The van der Waals surface area contributed by atoms with Crippen molar-refractivity contribution in [3.05, 3.63) is 64.1 Å². The fourth-order valence-corrected chi connectivity index (χ4v) is 2.90. The van der Waals surface area contributed by atoms with Gasteiger partial charge in [-0.1, -0.05) is 46.3 Å². The van der Waals surface area contributed by atoms with E-state index in [0.717, 1.165) is 5.56 Å². The van der Waals surface area contributed by atoms with Crippen LogP contribution in [0.15, 0.2) is 53.0 Å². The molecule has 0 bridgehead atoms. The average molecular weight is 447 g/mol. The van der Waals surface area contributed by atoms with Gasteiger partial charge in [0.2, 0.25) is 5.91 Å². The molecule has 28 heavy (non-hydrogen) atoms. The minimum absolute atomic E-state index is 0.00500. The van der Waals surface area contributed by atoms with E-state index in [9.17, 15) is 19.2 Å². The van der Waals surface area contributed by atoms with E-state index in [4.69, 9.17) is 4.74 Å². The van der Waals surface area contributed by atoms with Crippen LogP contribution in [0.5, 0.6) is 0 Å². The Hall–Kier alpha value is -3.00. The van der Waals surface area contributed by atoms with E-state index >= 15 is 0 Å². The van der Waals surface area contributed by atoms with Gasteiger partial charge in [0.05, 0.1) is 18.4 Å². The highest BCUT2D eigenvalue weighted by Crippen LogP contribution is 2.22. The van der Waals surface area contributed by atoms with Gasteiger partial charge in [-0.2, -0.15) is 0 Å². The van der Waals surface area contributed by atoms with Crippen molar-refractivity contribution in [3.63, 3.8) is 0 Å². The van der Waals surface area contributed by atoms with Gasteiger partial charge in [-0.15, -0.1) is 0 Å². The molecular weight excluding hydrogens is 428 g/mol. The van der Waals surface area contributed by atoms with Gasteiger partial charge in [0.25, 0.3) is 11.7 Å². The molecule has 0 unspecified atom stereocenters. The molecule has 0 aliphatic heterocycles. The van der Waals surface area contributed by atoms with Gasteiger partial charge in [-0.3, -0.25) is 14.4 Å². The summed E-state index contributed by atoms with van der Waals surface area (Å²) in [4.78, 5) is 48.6. The minimum Gasteiger partial charge on any atom is -0.467 e. The molecule has 0 saturated carbocycles. The monoisotopic (exact) mass is 446 g/mol. The van der Waals surface area contributed by atoms with Crippen molar-refractivity contribution in [2.75, 3.05) is 12.4 Å². The molecule has 8 heteroatoms. The Bertz CT molecular complexity index is 899. The second-order valence-corrected chi connectivity index (χ2v) is 6.85. The van der Waals surface area contributed by atoms with Crippen LogP contribution in [0.2, 0.25) is 0 Å².